The highest BCUT2D eigenvalue weighted by Crippen LogP contribution is 2.24. The number of nitrogens with one attached hydrogen (secondary N) is 2. The second kappa shape index (κ2) is 9.95. The van der Waals surface area contributed by atoms with Crippen molar-refractivity contribution in [1.82, 2.24) is 20.8 Å². The van der Waals surface area contributed by atoms with E-state index in [2.05, 4.69) is 25.8 Å². The second-order valence-corrected chi connectivity index (χ2v) is 6.12. The third-order valence-electron chi connectivity index (χ3n) is 3.57. The largest absolute Gasteiger partial charge is 0.484 e. The van der Waals surface area contributed by atoms with E-state index in [1.807, 2.05) is 13.0 Å². The number of guanidine groups is 1. The molecule has 0 unspecified atom stereocenters. The predicted molar refractivity (Wildman–Crippen MR) is 98.3 cm³/mol. The molecule has 0 aliphatic heterocycles. The highest BCUT2D eigenvalue weighted by molar-refractivity contribution is 5.79. The van der Waals surface area contributed by atoms with Crippen LogP contribution >= 0.6 is 0 Å². The lowest BCUT2D eigenvalue weighted by Gasteiger charge is -2.14. The van der Waals surface area contributed by atoms with Crippen molar-refractivity contribution in [1.29, 1.82) is 0 Å². The average Bonchev–Trinajstić information content (AvgIpc) is 3.03. The van der Waals surface area contributed by atoms with Crippen molar-refractivity contribution in [3.05, 3.63) is 41.0 Å². The molecule has 0 saturated carbocycles. The Morgan fingerprint density at radius 1 is 1.25 bits per heavy atom. The number of aliphatic imine (C=N–C) groups is 1. The Morgan fingerprint density at radius 2 is 2.04 bits per heavy atom. The standard InChI is InChI=1S/C18H24F3N5O2/c1-4-22-17(23-8-7-16-25-13(3)26-28-16)24-10-14-6-5-12(2)9-15(14)27-11-18(19,20)21/h5-6,9H,4,7-8,10-11H2,1-3H3,(H2,22,23,24). The molecule has 28 heavy (non-hydrogen) atoms. The molecule has 2 aromatic rings. The van der Waals surface area contributed by atoms with Gasteiger partial charge in [-0.15, -0.1) is 0 Å². The van der Waals surface area contributed by atoms with Crippen molar-refractivity contribution in [2.75, 3.05) is 19.7 Å². The number of hydrogen-bond donors (Lipinski definition) is 2. The van der Waals surface area contributed by atoms with Crippen molar-refractivity contribution in [3.8, 4) is 5.75 Å². The van der Waals surface area contributed by atoms with E-state index in [9.17, 15) is 13.2 Å². The minimum atomic E-state index is -4.39. The Balaban J connectivity index is 2.00. The molecule has 0 saturated heterocycles. The van der Waals surface area contributed by atoms with Crippen LogP contribution in [0.25, 0.3) is 0 Å². The zero-order valence-electron chi connectivity index (χ0n) is 16.1. The van der Waals surface area contributed by atoms with Gasteiger partial charge in [-0.1, -0.05) is 17.3 Å². The van der Waals surface area contributed by atoms with Gasteiger partial charge in [0.05, 0.1) is 6.54 Å². The molecular formula is C18H24F3N5O2. The first-order chi connectivity index (χ1) is 13.3. The first-order valence-electron chi connectivity index (χ1n) is 8.87. The summed E-state index contributed by atoms with van der Waals surface area (Å²) in [6.07, 6.45) is -3.87. The van der Waals surface area contributed by atoms with Crippen molar-refractivity contribution in [3.63, 3.8) is 0 Å². The molecule has 0 amide bonds. The van der Waals surface area contributed by atoms with Gasteiger partial charge < -0.3 is 19.9 Å². The summed E-state index contributed by atoms with van der Waals surface area (Å²) >= 11 is 0. The molecule has 2 rings (SSSR count). The number of aryl methyl sites for hydroxylation is 2. The van der Waals surface area contributed by atoms with Crippen LogP contribution in [0.1, 0.15) is 29.8 Å². The molecule has 10 heteroatoms. The van der Waals surface area contributed by atoms with E-state index in [4.69, 9.17) is 9.26 Å². The van der Waals surface area contributed by atoms with Gasteiger partial charge in [0.1, 0.15) is 5.75 Å². The molecule has 1 heterocycles. The molecule has 0 atom stereocenters. The molecule has 2 N–H and O–H groups in total. The monoisotopic (exact) mass is 399 g/mol. The van der Waals surface area contributed by atoms with Gasteiger partial charge in [-0.05, 0) is 32.4 Å². The van der Waals surface area contributed by atoms with Crippen LogP contribution in [0.3, 0.4) is 0 Å². The maximum absolute atomic E-state index is 12.5. The first kappa shape index (κ1) is 21.5. The van der Waals surface area contributed by atoms with Crippen LogP contribution in [0.5, 0.6) is 5.75 Å². The van der Waals surface area contributed by atoms with E-state index in [-0.39, 0.29) is 12.3 Å². The van der Waals surface area contributed by atoms with E-state index in [1.165, 1.54) is 0 Å². The fourth-order valence-electron chi connectivity index (χ4n) is 2.32. The summed E-state index contributed by atoms with van der Waals surface area (Å²) in [6.45, 7) is 5.43. The summed E-state index contributed by atoms with van der Waals surface area (Å²) in [5.41, 5.74) is 1.38. The van der Waals surface area contributed by atoms with Crippen molar-refractivity contribution < 1.29 is 22.4 Å². The van der Waals surface area contributed by atoms with Crippen molar-refractivity contribution in [2.24, 2.45) is 4.99 Å². The van der Waals surface area contributed by atoms with E-state index >= 15 is 0 Å². The fraction of sp³-hybridized carbons (Fsp3) is 0.500. The lowest BCUT2D eigenvalue weighted by atomic mass is 10.1. The first-order valence-corrected chi connectivity index (χ1v) is 8.87. The second-order valence-electron chi connectivity index (χ2n) is 6.12. The average molecular weight is 399 g/mol. The Labute approximate surface area is 161 Å². The van der Waals surface area contributed by atoms with E-state index in [1.54, 1.807) is 26.0 Å². The van der Waals surface area contributed by atoms with E-state index in [0.717, 1.165) is 5.56 Å². The molecule has 7 nitrogen and oxygen atoms in total. The third kappa shape index (κ3) is 7.45. The van der Waals surface area contributed by atoms with Gasteiger partial charge in [-0.2, -0.15) is 18.2 Å². The minimum Gasteiger partial charge on any atom is -0.484 e. The Kier molecular flexibility index (Phi) is 7.65. The summed E-state index contributed by atoms with van der Waals surface area (Å²) in [7, 11) is 0. The quantitative estimate of drug-likeness (QED) is 0.525. The molecule has 1 aromatic carbocycles. The topological polar surface area (TPSA) is 84.6 Å². The third-order valence-corrected chi connectivity index (χ3v) is 3.57. The van der Waals surface area contributed by atoms with Crippen LogP contribution in [0, 0.1) is 13.8 Å². The Hall–Kier alpha value is -2.78. The number of hydrogen-bond acceptors (Lipinski definition) is 5. The number of nitrogens with zero attached hydrogens (tertiary/aromatic N) is 3. The molecule has 0 aliphatic rings. The number of rotatable bonds is 8. The van der Waals surface area contributed by atoms with Gasteiger partial charge in [0.15, 0.2) is 18.4 Å². The number of benzene rings is 1. The number of aromatic nitrogens is 2. The normalized spacial score (nSPS) is 12.1. The zero-order valence-corrected chi connectivity index (χ0v) is 16.1. The Bertz CT molecular complexity index is 790. The van der Waals surface area contributed by atoms with Crippen LogP contribution in [-0.2, 0) is 13.0 Å². The molecule has 0 aliphatic carbocycles. The highest BCUT2D eigenvalue weighted by atomic mass is 19.4. The molecule has 154 valence electrons. The SMILES string of the molecule is CCNC(=NCc1ccc(C)cc1OCC(F)(F)F)NCCc1nc(C)no1. The number of alkyl halides is 3. The summed E-state index contributed by atoms with van der Waals surface area (Å²) in [4.78, 5) is 8.54. The minimum absolute atomic E-state index is 0.169. The van der Waals surface area contributed by atoms with Gasteiger partial charge in [0, 0.05) is 25.1 Å². The highest BCUT2D eigenvalue weighted by Gasteiger charge is 2.28. The number of halogens is 3. The van der Waals surface area contributed by atoms with Crippen molar-refractivity contribution in [2.45, 2.75) is 39.9 Å². The summed E-state index contributed by atoms with van der Waals surface area (Å²) in [5, 5.41) is 9.93. The molecule has 1 aromatic heterocycles. The van der Waals surface area contributed by atoms with Crippen LogP contribution in [0.4, 0.5) is 13.2 Å². The van der Waals surface area contributed by atoms with Gasteiger partial charge in [-0.3, -0.25) is 0 Å². The maximum Gasteiger partial charge on any atom is 0.422 e. The van der Waals surface area contributed by atoms with Gasteiger partial charge in [0.2, 0.25) is 5.89 Å². The van der Waals surface area contributed by atoms with Crippen LogP contribution < -0.4 is 15.4 Å². The van der Waals surface area contributed by atoms with Crippen LogP contribution in [0.2, 0.25) is 0 Å². The molecule has 0 spiro atoms. The molecule has 0 fully saturated rings. The molecular weight excluding hydrogens is 375 g/mol. The lowest BCUT2D eigenvalue weighted by Crippen LogP contribution is -2.38. The van der Waals surface area contributed by atoms with Gasteiger partial charge in [0.25, 0.3) is 0 Å². The molecule has 0 radical (unpaired) electrons. The zero-order chi connectivity index (χ0) is 20.6. The number of ether oxygens (including phenoxy) is 1. The molecule has 0 bridgehead atoms. The summed E-state index contributed by atoms with van der Waals surface area (Å²) < 4.78 is 47.4. The smallest absolute Gasteiger partial charge is 0.422 e. The fourth-order valence-corrected chi connectivity index (χ4v) is 2.32. The van der Waals surface area contributed by atoms with Crippen LogP contribution in [0.15, 0.2) is 27.7 Å². The van der Waals surface area contributed by atoms with Crippen LogP contribution in [-0.4, -0.2) is 42.0 Å². The predicted octanol–water partition coefficient (Wildman–Crippen LogP) is 2.93. The Morgan fingerprint density at radius 3 is 2.68 bits per heavy atom. The maximum atomic E-state index is 12.5. The van der Waals surface area contributed by atoms with Gasteiger partial charge in [-0.25, -0.2) is 4.99 Å². The van der Waals surface area contributed by atoms with Gasteiger partial charge >= 0.3 is 6.18 Å². The summed E-state index contributed by atoms with van der Waals surface area (Å²) in [5.74, 6) is 1.79. The van der Waals surface area contributed by atoms with E-state index in [0.29, 0.717) is 42.7 Å². The van der Waals surface area contributed by atoms with E-state index < -0.39 is 12.8 Å². The lowest BCUT2D eigenvalue weighted by molar-refractivity contribution is -0.153. The summed E-state index contributed by atoms with van der Waals surface area (Å²) in [6, 6.07) is 5.10. The van der Waals surface area contributed by atoms with Crippen molar-refractivity contribution >= 4 is 5.96 Å².